The van der Waals surface area contributed by atoms with Crippen molar-refractivity contribution in [1.29, 1.82) is 0 Å². The second-order valence-corrected chi connectivity index (χ2v) is 7.11. The Labute approximate surface area is 135 Å². The summed E-state index contributed by atoms with van der Waals surface area (Å²) in [4.78, 5) is 24.2. The number of amides is 2. The highest BCUT2D eigenvalue weighted by Crippen LogP contribution is 2.18. The highest BCUT2D eigenvalue weighted by Gasteiger charge is 2.21. The molecule has 0 heterocycles. The smallest absolute Gasteiger partial charge is 0.239 e. The Morgan fingerprint density at radius 2 is 1.77 bits per heavy atom. The van der Waals surface area contributed by atoms with Crippen LogP contribution in [-0.2, 0) is 9.59 Å². The zero-order valence-electron chi connectivity index (χ0n) is 13.2. The maximum atomic E-state index is 12.7. The molecule has 22 heavy (non-hydrogen) atoms. The third-order valence-electron chi connectivity index (χ3n) is 2.82. The number of rotatable bonds is 7. The van der Waals surface area contributed by atoms with Gasteiger partial charge in [0.05, 0.1) is 6.54 Å². The quantitative estimate of drug-likeness (QED) is 0.598. The molecule has 0 saturated heterocycles. The van der Waals surface area contributed by atoms with Gasteiger partial charge in [0.25, 0.3) is 0 Å². The number of hydrogen-bond acceptors (Lipinski definition) is 3. The van der Waals surface area contributed by atoms with E-state index in [0.717, 1.165) is 17.1 Å². The lowest BCUT2D eigenvalue weighted by Gasteiger charge is -2.17. The van der Waals surface area contributed by atoms with E-state index in [4.69, 9.17) is 0 Å². The molecule has 1 aromatic carbocycles. The van der Waals surface area contributed by atoms with Crippen LogP contribution in [0.25, 0.3) is 0 Å². The van der Waals surface area contributed by atoms with Gasteiger partial charge in [-0.15, -0.1) is 11.8 Å². The Kier molecular flexibility index (Phi) is 7.38. The number of carbonyl (C=O) groups excluding carboxylic acids is 2. The summed E-state index contributed by atoms with van der Waals surface area (Å²) in [5.74, 6) is 0.257. The fourth-order valence-electron chi connectivity index (χ4n) is 1.51. The third-order valence-corrected chi connectivity index (χ3v) is 3.91. The van der Waals surface area contributed by atoms with Crippen molar-refractivity contribution in [2.45, 2.75) is 32.1 Å². The molecule has 0 atom stereocenters. The van der Waals surface area contributed by atoms with Crippen molar-refractivity contribution >= 4 is 23.6 Å². The second-order valence-electron chi connectivity index (χ2n) is 5.94. The fourth-order valence-corrected chi connectivity index (χ4v) is 2.36. The van der Waals surface area contributed by atoms with Crippen LogP contribution < -0.4 is 10.6 Å². The highest BCUT2D eigenvalue weighted by atomic mass is 32.2. The molecule has 0 aromatic heterocycles. The first-order chi connectivity index (χ1) is 10.3. The molecule has 6 heteroatoms. The van der Waals surface area contributed by atoms with Crippen molar-refractivity contribution in [3.8, 4) is 0 Å². The van der Waals surface area contributed by atoms with Gasteiger partial charge in [0.1, 0.15) is 5.82 Å². The lowest BCUT2D eigenvalue weighted by Crippen LogP contribution is -2.41. The van der Waals surface area contributed by atoms with Crippen molar-refractivity contribution in [2.24, 2.45) is 5.41 Å². The van der Waals surface area contributed by atoms with Gasteiger partial charge in [0.15, 0.2) is 0 Å². The largest absolute Gasteiger partial charge is 0.355 e. The van der Waals surface area contributed by atoms with Gasteiger partial charge in [0.2, 0.25) is 11.8 Å². The minimum absolute atomic E-state index is 0.00120. The van der Waals surface area contributed by atoms with Gasteiger partial charge in [-0.1, -0.05) is 20.8 Å². The number of nitrogens with one attached hydrogen (secondary N) is 2. The van der Waals surface area contributed by atoms with Gasteiger partial charge in [-0.3, -0.25) is 9.59 Å². The summed E-state index contributed by atoms with van der Waals surface area (Å²) in [7, 11) is 0. The first-order valence-corrected chi connectivity index (χ1v) is 8.21. The van der Waals surface area contributed by atoms with Crippen LogP contribution in [0, 0.1) is 11.2 Å². The van der Waals surface area contributed by atoms with Crippen molar-refractivity contribution in [3.05, 3.63) is 30.1 Å². The zero-order valence-corrected chi connectivity index (χ0v) is 14.1. The normalized spacial score (nSPS) is 11.1. The predicted molar refractivity (Wildman–Crippen MR) is 87.2 cm³/mol. The van der Waals surface area contributed by atoms with E-state index in [1.165, 1.54) is 12.1 Å². The number of benzene rings is 1. The minimum atomic E-state index is -0.494. The van der Waals surface area contributed by atoms with E-state index in [1.807, 2.05) is 0 Å². The van der Waals surface area contributed by atoms with E-state index in [2.05, 4.69) is 10.6 Å². The Hall–Kier alpha value is -1.56. The molecule has 0 saturated carbocycles. The maximum Gasteiger partial charge on any atom is 0.239 e. The lowest BCUT2D eigenvalue weighted by molar-refractivity contribution is -0.131. The molecule has 0 aliphatic rings. The average molecular weight is 326 g/mol. The Balaban J connectivity index is 2.10. The van der Waals surface area contributed by atoms with Gasteiger partial charge in [-0.2, -0.15) is 0 Å². The number of carbonyl (C=O) groups is 2. The topological polar surface area (TPSA) is 58.2 Å². The number of hydrogen-bond donors (Lipinski definition) is 2. The molecular weight excluding hydrogens is 303 g/mol. The first kappa shape index (κ1) is 18.5. The molecule has 1 aromatic rings. The molecule has 2 N–H and O–H groups in total. The van der Waals surface area contributed by atoms with Crippen LogP contribution in [-0.4, -0.2) is 30.7 Å². The molecule has 1 rings (SSSR count). The molecular formula is C16H23FN2O2S. The molecule has 0 aliphatic heterocycles. The van der Waals surface area contributed by atoms with E-state index in [9.17, 15) is 14.0 Å². The van der Waals surface area contributed by atoms with Gasteiger partial charge in [-0.05, 0) is 36.4 Å². The van der Waals surface area contributed by atoms with E-state index >= 15 is 0 Å². The Morgan fingerprint density at radius 3 is 2.36 bits per heavy atom. The summed E-state index contributed by atoms with van der Waals surface area (Å²) < 4.78 is 12.7. The molecule has 4 nitrogen and oxygen atoms in total. The van der Waals surface area contributed by atoms with Crippen LogP contribution in [0.2, 0.25) is 0 Å². The summed E-state index contributed by atoms with van der Waals surface area (Å²) in [5.41, 5.74) is -0.494. The number of halogens is 1. The Bertz CT molecular complexity index is 498. The zero-order chi connectivity index (χ0) is 16.6. The van der Waals surface area contributed by atoms with E-state index in [0.29, 0.717) is 6.54 Å². The SMILES string of the molecule is CC(C)(C)C(=O)NCC(=O)NCCCSc1ccc(F)cc1. The van der Waals surface area contributed by atoms with Crippen molar-refractivity contribution in [2.75, 3.05) is 18.8 Å². The van der Waals surface area contributed by atoms with Gasteiger partial charge >= 0.3 is 0 Å². The van der Waals surface area contributed by atoms with E-state index in [-0.39, 0.29) is 24.2 Å². The second kappa shape index (κ2) is 8.78. The fraction of sp³-hybridized carbons (Fsp3) is 0.500. The van der Waals surface area contributed by atoms with Crippen LogP contribution >= 0.6 is 11.8 Å². The molecule has 0 unspecified atom stereocenters. The number of thioether (sulfide) groups is 1. The molecule has 0 spiro atoms. The summed E-state index contributed by atoms with van der Waals surface area (Å²) in [5, 5.41) is 5.36. The highest BCUT2D eigenvalue weighted by molar-refractivity contribution is 7.99. The Morgan fingerprint density at radius 1 is 1.14 bits per heavy atom. The molecule has 0 bridgehead atoms. The van der Waals surface area contributed by atoms with Crippen LogP contribution in [0.1, 0.15) is 27.2 Å². The van der Waals surface area contributed by atoms with Crippen molar-refractivity contribution < 1.29 is 14.0 Å². The maximum absolute atomic E-state index is 12.7. The van der Waals surface area contributed by atoms with Crippen LogP contribution in [0.4, 0.5) is 4.39 Å². The molecule has 2 amide bonds. The van der Waals surface area contributed by atoms with Crippen LogP contribution in [0.3, 0.4) is 0 Å². The predicted octanol–water partition coefficient (Wildman–Crippen LogP) is 2.59. The summed E-state index contributed by atoms with van der Waals surface area (Å²) in [6.45, 7) is 5.95. The first-order valence-electron chi connectivity index (χ1n) is 7.22. The van der Waals surface area contributed by atoms with E-state index in [1.54, 1.807) is 44.7 Å². The summed E-state index contributed by atoms with van der Waals surface area (Å²) in [6, 6.07) is 6.34. The van der Waals surface area contributed by atoms with Crippen LogP contribution in [0.5, 0.6) is 0 Å². The third kappa shape index (κ3) is 7.45. The monoisotopic (exact) mass is 326 g/mol. The molecule has 0 aliphatic carbocycles. The van der Waals surface area contributed by atoms with Gasteiger partial charge < -0.3 is 10.6 Å². The van der Waals surface area contributed by atoms with E-state index < -0.39 is 5.41 Å². The minimum Gasteiger partial charge on any atom is -0.355 e. The summed E-state index contributed by atoms with van der Waals surface area (Å²) in [6.07, 6.45) is 0.807. The van der Waals surface area contributed by atoms with Crippen LogP contribution in [0.15, 0.2) is 29.2 Å². The summed E-state index contributed by atoms with van der Waals surface area (Å²) >= 11 is 1.61. The standard InChI is InChI=1S/C16H23FN2O2S/c1-16(2,3)15(21)19-11-14(20)18-9-4-10-22-13-7-5-12(17)6-8-13/h5-8H,4,9-11H2,1-3H3,(H,18,20)(H,19,21). The van der Waals surface area contributed by atoms with Crippen molar-refractivity contribution in [3.63, 3.8) is 0 Å². The lowest BCUT2D eigenvalue weighted by atomic mass is 9.96. The van der Waals surface area contributed by atoms with Gasteiger partial charge in [-0.25, -0.2) is 4.39 Å². The molecule has 0 radical (unpaired) electrons. The van der Waals surface area contributed by atoms with Gasteiger partial charge in [0, 0.05) is 16.9 Å². The average Bonchev–Trinajstić information content (AvgIpc) is 2.45. The van der Waals surface area contributed by atoms with Crippen molar-refractivity contribution in [1.82, 2.24) is 10.6 Å². The molecule has 122 valence electrons. The molecule has 0 fully saturated rings.